The Labute approximate surface area is 157 Å². The van der Waals surface area contributed by atoms with Gasteiger partial charge in [-0.15, -0.1) is 24.0 Å². The largest absolute Gasteiger partial charge is 0.357 e. The number of aromatic nitrogens is 2. The molecule has 1 aromatic heterocycles. The fourth-order valence-corrected chi connectivity index (χ4v) is 3.93. The van der Waals surface area contributed by atoms with E-state index in [1.165, 1.54) is 45.2 Å². The van der Waals surface area contributed by atoms with Crippen molar-refractivity contribution >= 4 is 29.9 Å². The highest BCUT2D eigenvalue weighted by Crippen LogP contribution is 2.45. The summed E-state index contributed by atoms with van der Waals surface area (Å²) in [6, 6.07) is 0. The minimum Gasteiger partial charge on any atom is -0.357 e. The van der Waals surface area contributed by atoms with Crippen molar-refractivity contribution in [2.24, 2.45) is 10.4 Å². The highest BCUT2D eigenvalue weighted by atomic mass is 127. The van der Waals surface area contributed by atoms with Gasteiger partial charge >= 0.3 is 0 Å². The van der Waals surface area contributed by atoms with Crippen LogP contribution in [-0.4, -0.2) is 46.6 Å². The molecule has 1 aliphatic carbocycles. The van der Waals surface area contributed by atoms with E-state index in [1.54, 1.807) is 0 Å². The van der Waals surface area contributed by atoms with Gasteiger partial charge in [0.15, 0.2) is 5.96 Å². The highest BCUT2D eigenvalue weighted by molar-refractivity contribution is 14.0. The van der Waals surface area contributed by atoms with Gasteiger partial charge in [0.25, 0.3) is 0 Å². The van der Waals surface area contributed by atoms with E-state index >= 15 is 0 Å². The first-order valence-electron chi connectivity index (χ1n) is 8.80. The molecule has 1 aromatic rings. The number of rotatable bonds is 5. The molecule has 23 heavy (non-hydrogen) atoms. The van der Waals surface area contributed by atoms with Crippen LogP contribution in [-0.2, 0) is 6.54 Å². The number of guanidine groups is 1. The number of aryl methyl sites for hydroxylation is 1. The zero-order valence-corrected chi connectivity index (χ0v) is 16.5. The lowest BCUT2D eigenvalue weighted by Gasteiger charge is -2.26. The maximum atomic E-state index is 4.85. The molecule has 0 bridgehead atoms. The summed E-state index contributed by atoms with van der Waals surface area (Å²) < 4.78 is 2.12. The van der Waals surface area contributed by atoms with Crippen molar-refractivity contribution in [3.8, 4) is 0 Å². The van der Waals surface area contributed by atoms with E-state index in [0.29, 0.717) is 5.41 Å². The lowest BCUT2D eigenvalue weighted by atomic mass is 9.86. The third-order valence-electron chi connectivity index (χ3n) is 5.13. The number of nitrogens with one attached hydrogen (secondary N) is 1. The Kier molecular flexibility index (Phi) is 7.17. The second-order valence-electron chi connectivity index (χ2n) is 6.77. The molecule has 1 N–H and O–H groups in total. The summed E-state index contributed by atoms with van der Waals surface area (Å²) in [5.41, 5.74) is 0.604. The van der Waals surface area contributed by atoms with Crippen LogP contribution in [0.2, 0.25) is 0 Å². The van der Waals surface area contributed by atoms with Gasteiger partial charge in [0.2, 0.25) is 0 Å². The molecule has 0 radical (unpaired) electrons. The average molecular weight is 431 g/mol. The maximum absolute atomic E-state index is 4.85. The molecule has 1 aliphatic heterocycles. The van der Waals surface area contributed by atoms with E-state index < -0.39 is 0 Å². The van der Waals surface area contributed by atoms with Crippen LogP contribution in [0.1, 0.15) is 45.4 Å². The molecule has 2 heterocycles. The predicted molar refractivity (Wildman–Crippen MR) is 105 cm³/mol. The van der Waals surface area contributed by atoms with E-state index in [1.807, 2.05) is 18.7 Å². The molecule has 6 heteroatoms. The van der Waals surface area contributed by atoms with E-state index in [4.69, 9.17) is 4.99 Å². The molecular formula is C17H30IN5. The number of hydrogen-bond donors (Lipinski definition) is 1. The van der Waals surface area contributed by atoms with Crippen LogP contribution in [0.25, 0.3) is 0 Å². The summed E-state index contributed by atoms with van der Waals surface area (Å²) >= 11 is 0. The highest BCUT2D eigenvalue weighted by Gasteiger charge is 2.40. The predicted octanol–water partition coefficient (Wildman–Crippen LogP) is 3.12. The van der Waals surface area contributed by atoms with E-state index in [-0.39, 0.29) is 24.0 Å². The zero-order valence-electron chi connectivity index (χ0n) is 14.2. The van der Waals surface area contributed by atoms with Crippen molar-refractivity contribution in [2.75, 3.05) is 26.2 Å². The molecule has 1 spiro atoms. The van der Waals surface area contributed by atoms with Gasteiger partial charge in [0, 0.05) is 45.1 Å². The molecule has 1 saturated heterocycles. The first-order chi connectivity index (χ1) is 10.8. The van der Waals surface area contributed by atoms with Gasteiger partial charge < -0.3 is 14.8 Å². The van der Waals surface area contributed by atoms with Gasteiger partial charge in [0.1, 0.15) is 0 Å². The topological polar surface area (TPSA) is 45.5 Å². The molecule has 130 valence electrons. The van der Waals surface area contributed by atoms with Crippen molar-refractivity contribution in [1.82, 2.24) is 19.8 Å². The molecule has 0 unspecified atom stereocenters. The molecule has 2 fully saturated rings. The number of aliphatic imine (C=N–C) groups is 1. The SMILES string of the molecule is CCNC(=NCCCn1ccnc1)N1CCC2(CCCC2)C1.I. The molecule has 0 atom stereocenters. The van der Waals surface area contributed by atoms with Crippen LogP contribution >= 0.6 is 24.0 Å². The van der Waals surface area contributed by atoms with Crippen molar-refractivity contribution in [3.63, 3.8) is 0 Å². The van der Waals surface area contributed by atoms with Crippen LogP contribution in [0.4, 0.5) is 0 Å². The fourth-order valence-electron chi connectivity index (χ4n) is 3.93. The van der Waals surface area contributed by atoms with Gasteiger partial charge in [-0.25, -0.2) is 4.98 Å². The van der Waals surface area contributed by atoms with Crippen LogP contribution in [0.15, 0.2) is 23.7 Å². The van der Waals surface area contributed by atoms with E-state index in [0.717, 1.165) is 32.0 Å². The van der Waals surface area contributed by atoms with Crippen LogP contribution in [0.5, 0.6) is 0 Å². The summed E-state index contributed by atoms with van der Waals surface area (Å²) in [7, 11) is 0. The number of likely N-dealkylation sites (tertiary alicyclic amines) is 1. The van der Waals surface area contributed by atoms with Crippen molar-refractivity contribution < 1.29 is 0 Å². The average Bonchev–Trinajstić information content (AvgIpc) is 3.26. The molecule has 5 nitrogen and oxygen atoms in total. The van der Waals surface area contributed by atoms with E-state index in [9.17, 15) is 0 Å². The summed E-state index contributed by atoms with van der Waals surface area (Å²) in [4.78, 5) is 11.4. The standard InChI is InChI=1S/C17H29N5.HI/c1-2-19-16(20-9-5-11-21-13-10-18-15-21)22-12-8-17(14-22)6-3-4-7-17;/h10,13,15H,2-9,11-12,14H2,1H3,(H,19,20);1H. The Morgan fingerprint density at radius 1 is 1.30 bits per heavy atom. The minimum absolute atomic E-state index is 0. The first-order valence-corrected chi connectivity index (χ1v) is 8.80. The quantitative estimate of drug-likeness (QED) is 0.337. The summed E-state index contributed by atoms with van der Waals surface area (Å²) in [5, 5.41) is 3.48. The van der Waals surface area contributed by atoms with Crippen LogP contribution in [0.3, 0.4) is 0 Å². The second kappa shape index (κ2) is 8.89. The molecule has 2 aliphatic rings. The van der Waals surface area contributed by atoms with Gasteiger partial charge in [0.05, 0.1) is 6.33 Å². The van der Waals surface area contributed by atoms with Gasteiger partial charge in [-0.2, -0.15) is 0 Å². The van der Waals surface area contributed by atoms with E-state index in [2.05, 4.69) is 26.7 Å². The molecule has 0 aromatic carbocycles. The van der Waals surface area contributed by atoms with Crippen molar-refractivity contribution in [1.29, 1.82) is 0 Å². The lowest BCUT2D eigenvalue weighted by Crippen LogP contribution is -2.41. The molecule has 3 rings (SSSR count). The smallest absolute Gasteiger partial charge is 0.193 e. The Morgan fingerprint density at radius 3 is 2.83 bits per heavy atom. The van der Waals surface area contributed by atoms with Gasteiger partial charge in [-0.1, -0.05) is 12.8 Å². The molecular weight excluding hydrogens is 401 g/mol. The van der Waals surface area contributed by atoms with Crippen LogP contribution in [0, 0.1) is 5.41 Å². The number of nitrogens with zero attached hydrogens (tertiary/aromatic N) is 4. The van der Waals surface area contributed by atoms with Crippen molar-refractivity contribution in [2.45, 2.75) is 52.0 Å². The zero-order chi connectivity index (χ0) is 15.3. The Bertz CT molecular complexity index is 479. The first kappa shape index (κ1) is 18.5. The Hall–Kier alpha value is -0.790. The molecule has 1 saturated carbocycles. The van der Waals surface area contributed by atoms with Gasteiger partial charge in [-0.05, 0) is 38.0 Å². The summed E-state index contributed by atoms with van der Waals surface area (Å²) in [6.07, 6.45) is 13.8. The monoisotopic (exact) mass is 431 g/mol. The summed E-state index contributed by atoms with van der Waals surface area (Å²) in [5.74, 6) is 1.12. The Balaban J connectivity index is 0.00000192. The minimum atomic E-state index is 0. The summed E-state index contributed by atoms with van der Waals surface area (Å²) in [6.45, 7) is 7.36. The van der Waals surface area contributed by atoms with Crippen LogP contribution < -0.4 is 5.32 Å². The fraction of sp³-hybridized carbons (Fsp3) is 0.765. The maximum Gasteiger partial charge on any atom is 0.193 e. The number of imidazole rings is 1. The molecule has 0 amide bonds. The number of halogens is 1. The van der Waals surface area contributed by atoms with Crippen molar-refractivity contribution in [3.05, 3.63) is 18.7 Å². The second-order valence-corrected chi connectivity index (χ2v) is 6.77. The normalized spacial score (nSPS) is 20.0. The lowest BCUT2D eigenvalue weighted by molar-refractivity contribution is 0.309. The van der Waals surface area contributed by atoms with Gasteiger partial charge in [-0.3, -0.25) is 4.99 Å². The number of hydrogen-bond acceptors (Lipinski definition) is 2. The third kappa shape index (κ3) is 4.84. The Morgan fingerprint density at radius 2 is 2.13 bits per heavy atom. The third-order valence-corrected chi connectivity index (χ3v) is 5.13.